The first kappa shape index (κ1) is 24.0. The van der Waals surface area contributed by atoms with Gasteiger partial charge >= 0.3 is 0 Å². The topological polar surface area (TPSA) is 57.0 Å². The molecule has 1 heterocycles. The van der Waals surface area contributed by atoms with Crippen LogP contribution in [0.5, 0.6) is 0 Å². The second kappa shape index (κ2) is 10.3. The Labute approximate surface area is 201 Å². The summed E-state index contributed by atoms with van der Waals surface area (Å²) in [4.78, 5) is 18.7. The molecular formula is C24H19Cl3FN3O. The van der Waals surface area contributed by atoms with Crippen LogP contribution in [0.4, 0.5) is 10.2 Å². The van der Waals surface area contributed by atoms with Crippen LogP contribution >= 0.6 is 34.8 Å². The molecule has 0 bridgehead atoms. The van der Waals surface area contributed by atoms with Crippen molar-refractivity contribution in [2.45, 2.75) is 13.8 Å². The highest BCUT2D eigenvalue weighted by Crippen LogP contribution is 2.38. The van der Waals surface area contributed by atoms with Gasteiger partial charge in [-0.15, -0.1) is 11.6 Å². The number of halogens is 4. The molecule has 0 N–H and O–H groups in total. The van der Waals surface area contributed by atoms with E-state index in [9.17, 15) is 14.4 Å². The van der Waals surface area contributed by atoms with Gasteiger partial charge in [-0.05, 0) is 47.9 Å². The summed E-state index contributed by atoms with van der Waals surface area (Å²) in [7, 11) is 0. The minimum atomic E-state index is -0.487. The molecule has 0 fully saturated rings. The van der Waals surface area contributed by atoms with E-state index in [-0.39, 0.29) is 34.1 Å². The summed E-state index contributed by atoms with van der Waals surface area (Å²) >= 11 is 18.2. The molecular weight excluding hydrogens is 472 g/mol. The third-order valence-electron chi connectivity index (χ3n) is 4.68. The van der Waals surface area contributed by atoms with Crippen molar-refractivity contribution >= 4 is 46.5 Å². The highest BCUT2D eigenvalue weighted by Gasteiger charge is 2.24. The molecule has 0 aliphatic rings. The van der Waals surface area contributed by atoms with Gasteiger partial charge in [0.2, 0.25) is 5.91 Å². The number of nitriles is 1. The lowest BCUT2D eigenvalue weighted by Crippen LogP contribution is -2.36. The molecule has 0 radical (unpaired) electrons. The Morgan fingerprint density at radius 2 is 1.81 bits per heavy atom. The molecule has 0 unspecified atom stereocenters. The molecule has 164 valence electrons. The smallest absolute Gasteiger partial charge is 0.243 e. The third kappa shape index (κ3) is 5.21. The van der Waals surface area contributed by atoms with E-state index in [4.69, 9.17) is 39.8 Å². The number of carbonyl (C=O) groups is 1. The van der Waals surface area contributed by atoms with E-state index in [1.54, 1.807) is 30.3 Å². The van der Waals surface area contributed by atoms with E-state index in [0.29, 0.717) is 28.4 Å². The number of rotatable bonds is 6. The van der Waals surface area contributed by atoms with Crippen LogP contribution in [0.25, 0.3) is 22.4 Å². The molecule has 8 heteroatoms. The maximum Gasteiger partial charge on any atom is 0.243 e. The lowest BCUT2D eigenvalue weighted by Gasteiger charge is -2.25. The van der Waals surface area contributed by atoms with Crippen molar-refractivity contribution in [1.29, 1.82) is 5.26 Å². The van der Waals surface area contributed by atoms with E-state index in [0.717, 1.165) is 5.56 Å². The first-order valence-corrected chi connectivity index (χ1v) is 11.1. The van der Waals surface area contributed by atoms with E-state index >= 15 is 0 Å². The van der Waals surface area contributed by atoms with Crippen molar-refractivity contribution in [1.82, 2.24) is 4.98 Å². The number of benzene rings is 2. The molecule has 0 aliphatic heterocycles. The maximum absolute atomic E-state index is 13.7. The number of alkyl halides is 1. The SMILES string of the molecule is CC(C)CN(C(=O)CCl)c1nc(-c2ccc(F)cc2Cl)c(-c2ccc(Cl)cc2)cc1C#N. The standard InChI is InChI=1S/C24H19Cl3FN3O/c1-14(2)13-31(22(32)11-25)24-16(12-29)9-20(15-3-5-17(26)6-4-15)23(30-24)19-8-7-18(28)10-21(19)27/h3-10,14H,11,13H2,1-2H3. The van der Waals surface area contributed by atoms with Crippen molar-refractivity contribution < 1.29 is 9.18 Å². The minimum Gasteiger partial charge on any atom is -0.294 e. The van der Waals surface area contributed by atoms with Gasteiger partial charge in [0.05, 0.1) is 16.3 Å². The number of carbonyl (C=O) groups excluding carboxylic acids is 1. The van der Waals surface area contributed by atoms with Gasteiger partial charge < -0.3 is 0 Å². The van der Waals surface area contributed by atoms with Crippen LogP contribution in [0.15, 0.2) is 48.5 Å². The summed E-state index contributed by atoms with van der Waals surface area (Å²) in [6.45, 7) is 4.21. The number of hydrogen-bond donors (Lipinski definition) is 0. The van der Waals surface area contributed by atoms with Gasteiger partial charge in [0.15, 0.2) is 5.82 Å². The zero-order chi connectivity index (χ0) is 23.4. The Hall–Kier alpha value is -2.65. The van der Waals surface area contributed by atoms with E-state index in [2.05, 4.69) is 6.07 Å². The zero-order valence-corrected chi connectivity index (χ0v) is 19.6. The van der Waals surface area contributed by atoms with Gasteiger partial charge in [-0.25, -0.2) is 9.37 Å². The Morgan fingerprint density at radius 1 is 1.12 bits per heavy atom. The van der Waals surface area contributed by atoms with Crippen molar-refractivity contribution in [3.63, 3.8) is 0 Å². The van der Waals surface area contributed by atoms with Crippen LogP contribution in [0.1, 0.15) is 19.4 Å². The van der Waals surface area contributed by atoms with E-state index < -0.39 is 5.82 Å². The molecule has 1 amide bonds. The largest absolute Gasteiger partial charge is 0.294 e. The molecule has 1 aromatic heterocycles. The highest BCUT2D eigenvalue weighted by atomic mass is 35.5. The van der Waals surface area contributed by atoms with Crippen molar-refractivity contribution in [2.24, 2.45) is 5.92 Å². The lowest BCUT2D eigenvalue weighted by atomic mass is 9.97. The molecule has 0 atom stereocenters. The van der Waals surface area contributed by atoms with Crippen LogP contribution < -0.4 is 4.90 Å². The molecule has 0 saturated heterocycles. The Kier molecular flexibility index (Phi) is 7.73. The number of hydrogen-bond acceptors (Lipinski definition) is 3. The fourth-order valence-corrected chi connectivity index (χ4v) is 3.80. The van der Waals surface area contributed by atoms with Crippen LogP contribution in [0.2, 0.25) is 10.0 Å². The average molecular weight is 491 g/mol. The van der Waals surface area contributed by atoms with E-state index in [1.165, 1.54) is 23.1 Å². The van der Waals surface area contributed by atoms with Crippen molar-refractivity contribution in [3.8, 4) is 28.5 Å². The first-order valence-electron chi connectivity index (χ1n) is 9.78. The molecule has 2 aromatic carbocycles. The van der Waals surface area contributed by atoms with Crippen LogP contribution in [0, 0.1) is 23.1 Å². The van der Waals surface area contributed by atoms with Gasteiger partial charge in [-0.2, -0.15) is 5.26 Å². The Morgan fingerprint density at radius 3 is 2.38 bits per heavy atom. The summed E-state index contributed by atoms with van der Waals surface area (Å²) in [5.41, 5.74) is 2.41. The van der Waals surface area contributed by atoms with Gasteiger partial charge in [0.25, 0.3) is 0 Å². The van der Waals surface area contributed by atoms with Gasteiger partial charge in [-0.1, -0.05) is 49.2 Å². The summed E-state index contributed by atoms with van der Waals surface area (Å²) in [5.74, 6) is -0.839. The van der Waals surface area contributed by atoms with Crippen LogP contribution in [0.3, 0.4) is 0 Å². The van der Waals surface area contributed by atoms with E-state index in [1.807, 2.05) is 13.8 Å². The molecule has 32 heavy (non-hydrogen) atoms. The molecule has 0 spiro atoms. The second-order valence-corrected chi connectivity index (χ2v) is 8.64. The Balaban J connectivity index is 2.34. The lowest BCUT2D eigenvalue weighted by molar-refractivity contribution is -0.116. The molecule has 0 saturated carbocycles. The minimum absolute atomic E-state index is 0.101. The molecule has 4 nitrogen and oxygen atoms in total. The number of nitrogens with zero attached hydrogens (tertiary/aromatic N) is 3. The average Bonchev–Trinajstić information content (AvgIpc) is 2.77. The number of amides is 1. The monoisotopic (exact) mass is 489 g/mol. The van der Waals surface area contributed by atoms with Gasteiger partial charge in [-0.3, -0.25) is 9.69 Å². The number of pyridine rings is 1. The fraction of sp³-hybridized carbons (Fsp3) is 0.208. The predicted octanol–water partition coefficient (Wildman–Crippen LogP) is 6.96. The molecule has 3 aromatic rings. The zero-order valence-electron chi connectivity index (χ0n) is 17.4. The van der Waals surface area contributed by atoms with Crippen LogP contribution in [-0.4, -0.2) is 23.3 Å². The summed E-state index contributed by atoms with van der Waals surface area (Å²) in [6.07, 6.45) is 0. The predicted molar refractivity (Wildman–Crippen MR) is 128 cm³/mol. The summed E-state index contributed by atoms with van der Waals surface area (Å²) < 4.78 is 13.7. The quantitative estimate of drug-likeness (QED) is 0.351. The Bertz CT molecular complexity index is 1190. The van der Waals surface area contributed by atoms with Crippen LogP contribution in [-0.2, 0) is 4.79 Å². The van der Waals surface area contributed by atoms with Crippen molar-refractivity contribution in [2.75, 3.05) is 17.3 Å². The molecule has 3 rings (SSSR count). The highest BCUT2D eigenvalue weighted by molar-refractivity contribution is 6.33. The first-order chi connectivity index (χ1) is 15.2. The normalized spacial score (nSPS) is 10.8. The van der Waals surface area contributed by atoms with Gasteiger partial charge in [0, 0.05) is 22.7 Å². The third-order valence-corrected chi connectivity index (χ3v) is 5.48. The number of aromatic nitrogens is 1. The second-order valence-electron chi connectivity index (χ2n) is 7.53. The van der Waals surface area contributed by atoms with Crippen molar-refractivity contribution in [3.05, 3.63) is 70.0 Å². The summed E-state index contributed by atoms with van der Waals surface area (Å²) in [5, 5.41) is 10.6. The maximum atomic E-state index is 13.7. The molecule has 0 aliphatic carbocycles. The fourth-order valence-electron chi connectivity index (χ4n) is 3.27. The number of anilines is 1. The van der Waals surface area contributed by atoms with Gasteiger partial charge in [0.1, 0.15) is 17.8 Å². The summed E-state index contributed by atoms with van der Waals surface area (Å²) in [6, 6.07) is 14.8.